The quantitative estimate of drug-likeness (QED) is 0.294. The van der Waals surface area contributed by atoms with E-state index in [0.29, 0.717) is 30.2 Å². The fourth-order valence-electron chi connectivity index (χ4n) is 4.82. The summed E-state index contributed by atoms with van der Waals surface area (Å²) in [6.45, 7) is 4.00. The molecule has 0 unspecified atom stereocenters. The van der Waals surface area contributed by atoms with Crippen LogP contribution in [0, 0.1) is 12.8 Å². The van der Waals surface area contributed by atoms with E-state index in [2.05, 4.69) is 0 Å². The van der Waals surface area contributed by atoms with Crippen LogP contribution in [-0.4, -0.2) is 35.3 Å². The van der Waals surface area contributed by atoms with Gasteiger partial charge in [-0.3, -0.25) is 24.1 Å². The van der Waals surface area contributed by atoms with Gasteiger partial charge >= 0.3 is 5.97 Å². The number of esters is 1. The van der Waals surface area contributed by atoms with Gasteiger partial charge in [0.05, 0.1) is 24.2 Å². The molecule has 170 valence electrons. The Labute approximate surface area is 186 Å². The number of carbonyl (C=O) groups excluding carboxylic acids is 3. The van der Waals surface area contributed by atoms with Crippen molar-refractivity contribution >= 4 is 28.8 Å². The lowest BCUT2D eigenvalue weighted by molar-refractivity contribution is -0.154. The van der Waals surface area contributed by atoms with Gasteiger partial charge in [0, 0.05) is 11.6 Å². The number of rotatable bonds is 6. The lowest BCUT2D eigenvalue weighted by Crippen LogP contribution is -2.42. The molecule has 2 fully saturated rings. The van der Waals surface area contributed by atoms with E-state index < -0.39 is 35.0 Å². The first-order valence-corrected chi connectivity index (χ1v) is 11.5. The van der Waals surface area contributed by atoms with E-state index in [1.807, 2.05) is 19.9 Å². The van der Waals surface area contributed by atoms with E-state index in [0.717, 1.165) is 31.2 Å². The summed E-state index contributed by atoms with van der Waals surface area (Å²) in [5.74, 6) is -4.38. The van der Waals surface area contributed by atoms with Gasteiger partial charge in [-0.25, -0.2) is 0 Å². The van der Waals surface area contributed by atoms with Gasteiger partial charge in [0.1, 0.15) is 5.58 Å². The Balaban J connectivity index is 1.77. The van der Waals surface area contributed by atoms with E-state index in [1.54, 1.807) is 12.1 Å². The molecular weight excluding hydrogens is 410 g/mol. The van der Waals surface area contributed by atoms with Crippen LogP contribution in [0.1, 0.15) is 68.9 Å². The molecule has 1 aliphatic carbocycles. The third-order valence-corrected chi connectivity index (χ3v) is 6.57. The minimum absolute atomic E-state index is 0.0391. The van der Waals surface area contributed by atoms with E-state index in [1.165, 1.54) is 11.2 Å². The second-order valence-electron chi connectivity index (χ2n) is 8.83. The van der Waals surface area contributed by atoms with Crippen LogP contribution in [0.4, 0.5) is 0 Å². The van der Waals surface area contributed by atoms with Crippen molar-refractivity contribution in [1.82, 2.24) is 4.90 Å². The molecule has 7 heteroatoms. The third-order valence-electron chi connectivity index (χ3n) is 6.57. The molecule has 2 amide bonds. The topological polar surface area (TPSA) is 93.9 Å². The maximum absolute atomic E-state index is 13.5. The van der Waals surface area contributed by atoms with Crippen LogP contribution in [0.15, 0.2) is 33.7 Å². The van der Waals surface area contributed by atoms with Crippen LogP contribution in [0.5, 0.6) is 0 Å². The first-order chi connectivity index (χ1) is 15.4. The number of fused-ring (bicyclic) bond motifs is 1. The summed E-state index contributed by atoms with van der Waals surface area (Å²) in [5, 5.41) is 0.331. The van der Waals surface area contributed by atoms with Crippen molar-refractivity contribution in [2.45, 2.75) is 70.8 Å². The number of benzene rings is 1. The molecule has 1 aromatic carbocycles. The molecule has 2 aliphatic rings. The molecule has 2 heterocycles. The highest BCUT2D eigenvalue weighted by atomic mass is 16.5. The summed E-state index contributed by atoms with van der Waals surface area (Å²) in [6.07, 6.45) is 7.06. The van der Waals surface area contributed by atoms with Gasteiger partial charge in [-0.1, -0.05) is 44.2 Å². The summed E-state index contributed by atoms with van der Waals surface area (Å²) in [5.41, 5.74) is 0.914. The van der Waals surface area contributed by atoms with E-state index >= 15 is 0 Å². The van der Waals surface area contributed by atoms with Crippen LogP contribution >= 0.6 is 0 Å². The number of nitrogens with zero attached hydrogens (tertiary/aromatic N) is 1. The van der Waals surface area contributed by atoms with E-state index in [-0.39, 0.29) is 18.2 Å². The van der Waals surface area contributed by atoms with Crippen LogP contribution in [-0.2, 0) is 19.1 Å². The highest BCUT2D eigenvalue weighted by molar-refractivity contribution is 6.16. The molecule has 1 saturated heterocycles. The molecule has 1 aliphatic heterocycles. The predicted molar refractivity (Wildman–Crippen MR) is 118 cm³/mol. The molecular formula is C25H29NO6. The van der Waals surface area contributed by atoms with Crippen molar-refractivity contribution in [1.29, 1.82) is 0 Å². The standard InChI is InChI=1S/C25H29NO6/c1-3-4-12-31-25(30)21-20(23(28)26(24(21)29)16-8-6-5-7-9-16)18-14-32-19-11-10-15(2)13-17(19)22(18)27/h10-11,13-14,16,20-21H,3-9,12H2,1-2H3/t20-,21-/m1/s1. The van der Waals surface area contributed by atoms with Crippen LogP contribution < -0.4 is 5.43 Å². The van der Waals surface area contributed by atoms with Gasteiger partial charge in [0.2, 0.25) is 11.8 Å². The summed E-state index contributed by atoms with van der Waals surface area (Å²) in [7, 11) is 0. The van der Waals surface area contributed by atoms with E-state index in [4.69, 9.17) is 9.15 Å². The van der Waals surface area contributed by atoms with Crippen LogP contribution in [0.25, 0.3) is 11.0 Å². The molecule has 0 bridgehead atoms. The smallest absolute Gasteiger partial charge is 0.319 e. The van der Waals surface area contributed by atoms with Crippen LogP contribution in [0.2, 0.25) is 0 Å². The van der Waals surface area contributed by atoms with Gasteiger partial charge in [-0.15, -0.1) is 0 Å². The lowest BCUT2D eigenvalue weighted by Gasteiger charge is -2.29. The first-order valence-electron chi connectivity index (χ1n) is 11.5. The van der Waals surface area contributed by atoms with Gasteiger partial charge in [0.15, 0.2) is 11.3 Å². The zero-order valence-electron chi connectivity index (χ0n) is 18.6. The highest BCUT2D eigenvalue weighted by Gasteiger charge is 2.55. The van der Waals surface area contributed by atoms with Crippen LogP contribution in [0.3, 0.4) is 0 Å². The van der Waals surface area contributed by atoms with Crippen molar-refractivity contribution in [2.75, 3.05) is 6.61 Å². The number of unbranched alkanes of at least 4 members (excludes halogenated alkanes) is 1. The number of carbonyl (C=O) groups is 3. The average Bonchev–Trinajstić information content (AvgIpc) is 3.05. The predicted octanol–water partition coefficient (Wildman–Crippen LogP) is 3.85. The maximum Gasteiger partial charge on any atom is 0.319 e. The fourth-order valence-corrected chi connectivity index (χ4v) is 4.82. The summed E-state index contributed by atoms with van der Waals surface area (Å²) in [4.78, 5) is 54.4. The number of likely N-dealkylation sites (tertiary alicyclic amines) is 1. The monoisotopic (exact) mass is 439 g/mol. The minimum Gasteiger partial charge on any atom is -0.465 e. The Morgan fingerprint density at radius 1 is 1.12 bits per heavy atom. The van der Waals surface area contributed by atoms with E-state index in [9.17, 15) is 19.2 Å². The first kappa shape index (κ1) is 22.2. The summed E-state index contributed by atoms with van der Waals surface area (Å²) in [6, 6.07) is 4.98. The Bertz CT molecular complexity index is 1100. The van der Waals surface area contributed by atoms with Crippen molar-refractivity contribution < 1.29 is 23.5 Å². The number of hydrogen-bond acceptors (Lipinski definition) is 6. The maximum atomic E-state index is 13.5. The molecule has 0 spiro atoms. The lowest BCUT2D eigenvalue weighted by atomic mass is 9.88. The fraction of sp³-hybridized carbons (Fsp3) is 0.520. The largest absolute Gasteiger partial charge is 0.465 e. The summed E-state index contributed by atoms with van der Waals surface area (Å²) >= 11 is 0. The third kappa shape index (κ3) is 3.96. The molecule has 0 radical (unpaired) electrons. The van der Waals surface area contributed by atoms with Gasteiger partial charge in [-0.05, 0) is 38.3 Å². The second kappa shape index (κ2) is 9.27. The van der Waals surface area contributed by atoms with Crippen molar-refractivity contribution in [3.05, 3.63) is 45.8 Å². The molecule has 0 N–H and O–H groups in total. The van der Waals surface area contributed by atoms with Crippen molar-refractivity contribution in [2.24, 2.45) is 5.92 Å². The minimum atomic E-state index is -1.36. The Kier molecular flexibility index (Phi) is 6.44. The number of amides is 2. The normalized spacial score (nSPS) is 22.0. The SMILES string of the molecule is CCCCOC(=O)[C@H]1C(=O)N(C2CCCCC2)C(=O)[C@@H]1c1coc2ccc(C)cc2c1=O. The molecule has 7 nitrogen and oxygen atoms in total. The van der Waals surface area contributed by atoms with Gasteiger partial charge in [-0.2, -0.15) is 0 Å². The summed E-state index contributed by atoms with van der Waals surface area (Å²) < 4.78 is 11.0. The molecule has 4 rings (SSSR count). The zero-order valence-corrected chi connectivity index (χ0v) is 18.6. The van der Waals surface area contributed by atoms with Gasteiger partial charge < -0.3 is 9.15 Å². The molecule has 2 atom stereocenters. The van der Waals surface area contributed by atoms with Crippen molar-refractivity contribution in [3.63, 3.8) is 0 Å². The van der Waals surface area contributed by atoms with Crippen molar-refractivity contribution in [3.8, 4) is 0 Å². The average molecular weight is 440 g/mol. The second-order valence-corrected chi connectivity index (χ2v) is 8.83. The number of hydrogen-bond donors (Lipinski definition) is 0. The molecule has 32 heavy (non-hydrogen) atoms. The number of imide groups is 1. The highest BCUT2D eigenvalue weighted by Crippen LogP contribution is 2.39. The Hall–Kier alpha value is -2.96. The number of aryl methyl sites for hydroxylation is 1. The molecule has 1 aromatic heterocycles. The molecule has 2 aromatic rings. The Morgan fingerprint density at radius 3 is 2.59 bits per heavy atom. The van der Waals surface area contributed by atoms with Gasteiger partial charge in [0.25, 0.3) is 0 Å². The number of ether oxygens (including phenoxy) is 1. The molecule has 1 saturated carbocycles. The zero-order chi connectivity index (χ0) is 22.8. The Morgan fingerprint density at radius 2 is 1.88 bits per heavy atom.